The van der Waals surface area contributed by atoms with Crippen molar-refractivity contribution in [1.29, 1.82) is 0 Å². The summed E-state index contributed by atoms with van der Waals surface area (Å²) in [4.78, 5) is 103. The molecule has 5 saturated heterocycles. The molecule has 0 spiro atoms. The van der Waals surface area contributed by atoms with Crippen molar-refractivity contribution in [3.63, 3.8) is 0 Å². The van der Waals surface area contributed by atoms with Gasteiger partial charge in [0.15, 0.2) is 0 Å². The van der Waals surface area contributed by atoms with Gasteiger partial charge in [-0.1, -0.05) is 53.9 Å². The lowest BCUT2D eigenvalue weighted by Crippen LogP contribution is -2.45. The number of carboxylic acids is 6. The molecule has 6 aliphatic rings. The van der Waals surface area contributed by atoms with Crippen molar-refractivity contribution >= 4 is 64.3 Å². The Morgan fingerprint density at radius 2 is 0.653 bits per heavy atom. The largest absolute Gasteiger partial charge is 0.478 e. The summed E-state index contributed by atoms with van der Waals surface area (Å²) in [5.41, 5.74) is 6.79. The molecule has 0 radical (unpaired) electrons. The summed E-state index contributed by atoms with van der Waals surface area (Å²) >= 11 is 0. The summed E-state index contributed by atoms with van der Waals surface area (Å²) in [5.74, 6) is -1.11. The Bertz CT molecular complexity index is 3380. The first-order valence-corrected chi connectivity index (χ1v) is 34.6. The molecule has 1 aliphatic carbocycles. The van der Waals surface area contributed by atoms with E-state index in [1.54, 1.807) is 67.5 Å². The maximum Gasteiger partial charge on any atom is 0.339 e. The van der Waals surface area contributed by atoms with Crippen molar-refractivity contribution in [3.05, 3.63) is 150 Å². The molecule has 12 rings (SSSR count). The Hall–Kier alpha value is -9.32. The lowest BCUT2D eigenvalue weighted by atomic mass is 9.80. The maximum atomic E-state index is 11.1. The molecule has 24 heteroatoms. The molecule has 2 atom stereocenters. The first kappa shape index (κ1) is 76.1. The van der Waals surface area contributed by atoms with Gasteiger partial charge in [-0.05, 0) is 155 Å². The predicted molar refractivity (Wildman–Crippen MR) is 379 cm³/mol. The van der Waals surface area contributed by atoms with Crippen LogP contribution in [0.5, 0.6) is 0 Å². The molecular formula is C74H100N12O12. The molecule has 0 bridgehead atoms. The van der Waals surface area contributed by atoms with Crippen LogP contribution in [-0.2, 0) is 6.42 Å². The van der Waals surface area contributed by atoms with Crippen molar-refractivity contribution in [2.24, 2.45) is 35.5 Å². The molecule has 6 fully saturated rings. The highest BCUT2D eigenvalue weighted by atomic mass is 16.4. The monoisotopic (exact) mass is 1350 g/mol. The van der Waals surface area contributed by atoms with Crippen LogP contribution in [0.4, 0.5) is 28.4 Å². The van der Waals surface area contributed by atoms with Crippen LogP contribution in [0.2, 0.25) is 0 Å². The molecule has 1 saturated carbocycles. The number of anilines is 5. The van der Waals surface area contributed by atoms with Crippen molar-refractivity contribution in [1.82, 2.24) is 34.8 Å². The van der Waals surface area contributed by atoms with Crippen LogP contribution in [0.3, 0.4) is 0 Å². The highest BCUT2D eigenvalue weighted by Crippen LogP contribution is 2.33. The van der Waals surface area contributed by atoms with Gasteiger partial charge in [-0.2, -0.15) is 0 Å². The van der Waals surface area contributed by atoms with Crippen molar-refractivity contribution < 1.29 is 59.4 Å². The van der Waals surface area contributed by atoms with Gasteiger partial charge >= 0.3 is 35.8 Å². The molecule has 0 aromatic carbocycles. The zero-order valence-corrected chi connectivity index (χ0v) is 57.7. The fourth-order valence-electron chi connectivity index (χ4n) is 13.5. The SMILES string of the molecule is CC1CCC(Cc2ccncc2C(=O)O)CC1.CC1CCN(c2ccncc2C(=O)O)CC1.CCC1CCN(c2ccncc2C(=O)O)CC1.CN1CCN(c2ccncc2C(=O)O)CC1.C[C@@H]1CCCN(c2ccncc2C(=O)O)C1.C[C@H]1CCCN(c2ccncc2C(=O)O)C1. The number of aromatic carboxylic acids is 6. The number of aromatic nitrogens is 6. The van der Waals surface area contributed by atoms with Gasteiger partial charge in [0.1, 0.15) is 27.8 Å². The molecule has 0 unspecified atom stereocenters. The molecule has 98 heavy (non-hydrogen) atoms. The standard InChI is InChI=1S/C14H19NO2.C13H18N2O2.3C12H16N2O2.C11H15N3O2/c1-10-2-4-11(5-3-10)8-12-6-7-15-9-13(12)14(16)17;1-2-10-4-7-15(8-5-10)12-3-6-14-9-11(12)13(16)17;1-9-3-6-14(7-4-9)11-2-5-13-8-10(11)12(15)16;2*1-9-3-2-6-14(8-9)11-4-5-13-7-10(11)12(15)16;1-13-4-6-14(7-5-13)10-2-3-12-8-9(10)11(15)16/h6-7,9-11H,2-5,8H2,1H3,(H,16,17);3,6,9-10H,2,4-5,7-8H2,1H3,(H,16,17);2,5,8-9H,3-4,6-7H2,1H3,(H,15,16);2*4-5,7,9H,2-3,6,8H2,1H3,(H,15,16);2-3,8H,4-7H2,1H3,(H,15,16)/t;;;2*9-;/m...10./s1. The lowest BCUT2D eigenvalue weighted by molar-refractivity contribution is 0.0684. The number of hydrogen-bond acceptors (Lipinski definition) is 18. The summed E-state index contributed by atoms with van der Waals surface area (Å²) in [6.45, 7) is 22.3. The average molecular weight is 1350 g/mol. The molecule has 6 N–H and O–H groups in total. The number of piperidine rings is 4. The smallest absolute Gasteiger partial charge is 0.339 e. The second-order valence-corrected chi connectivity index (χ2v) is 26.8. The molecule has 6 aromatic heterocycles. The normalized spacial score (nSPS) is 19.7. The van der Waals surface area contributed by atoms with Gasteiger partial charge in [-0.25, -0.2) is 28.8 Å². The highest BCUT2D eigenvalue weighted by Gasteiger charge is 2.27. The number of carbonyl (C=O) groups is 6. The highest BCUT2D eigenvalue weighted by molar-refractivity contribution is 5.96. The van der Waals surface area contributed by atoms with Gasteiger partial charge < -0.3 is 60.0 Å². The fraction of sp³-hybridized carbons (Fsp3) is 0.514. The minimum atomic E-state index is -0.915. The van der Waals surface area contributed by atoms with Crippen LogP contribution in [0.1, 0.15) is 186 Å². The Morgan fingerprint density at radius 3 is 0.990 bits per heavy atom. The van der Waals surface area contributed by atoms with Crippen molar-refractivity contribution in [2.75, 3.05) is 110 Å². The van der Waals surface area contributed by atoms with Gasteiger partial charge in [0.25, 0.3) is 0 Å². The Kier molecular flexibility index (Phi) is 29.9. The first-order valence-electron chi connectivity index (χ1n) is 34.6. The number of rotatable bonds is 14. The van der Waals surface area contributed by atoms with E-state index in [-0.39, 0.29) is 5.56 Å². The van der Waals surface area contributed by atoms with E-state index in [1.165, 1.54) is 82.1 Å². The minimum Gasteiger partial charge on any atom is -0.478 e. The summed E-state index contributed by atoms with van der Waals surface area (Å²) in [6.07, 6.45) is 34.9. The summed E-state index contributed by atoms with van der Waals surface area (Å²) in [7, 11) is 2.07. The van der Waals surface area contributed by atoms with Gasteiger partial charge in [0, 0.05) is 153 Å². The van der Waals surface area contributed by atoms with Crippen LogP contribution in [0, 0.1) is 35.5 Å². The quantitative estimate of drug-likeness (QED) is 0.0590. The Morgan fingerprint density at radius 1 is 0.347 bits per heavy atom. The average Bonchev–Trinajstić information content (AvgIpc) is 0.894. The Balaban J connectivity index is 0.000000166. The van der Waals surface area contributed by atoms with E-state index >= 15 is 0 Å². The van der Waals surface area contributed by atoms with Crippen LogP contribution < -0.4 is 24.5 Å². The molecular weight excluding hydrogens is 1250 g/mol. The van der Waals surface area contributed by atoms with Crippen LogP contribution >= 0.6 is 0 Å². The van der Waals surface area contributed by atoms with E-state index < -0.39 is 35.8 Å². The van der Waals surface area contributed by atoms with Gasteiger partial charge in [0.05, 0.1) is 34.0 Å². The zero-order chi connectivity index (χ0) is 70.7. The van der Waals surface area contributed by atoms with E-state index in [0.717, 1.165) is 175 Å². The summed E-state index contributed by atoms with van der Waals surface area (Å²) in [5, 5.41) is 54.6. The van der Waals surface area contributed by atoms with E-state index in [0.29, 0.717) is 45.6 Å². The van der Waals surface area contributed by atoms with Crippen molar-refractivity contribution in [3.8, 4) is 0 Å². The predicted octanol–water partition coefficient (Wildman–Crippen LogP) is 12.1. The zero-order valence-electron chi connectivity index (χ0n) is 57.7. The van der Waals surface area contributed by atoms with E-state index in [4.69, 9.17) is 30.6 Å². The minimum absolute atomic E-state index is 0.284. The van der Waals surface area contributed by atoms with Crippen LogP contribution in [0.25, 0.3) is 0 Å². The lowest BCUT2D eigenvalue weighted by Gasteiger charge is -2.34. The third kappa shape index (κ3) is 22.9. The fourth-order valence-corrected chi connectivity index (χ4v) is 13.5. The van der Waals surface area contributed by atoms with Crippen molar-refractivity contribution in [2.45, 2.75) is 125 Å². The molecule has 528 valence electrons. The van der Waals surface area contributed by atoms with Gasteiger partial charge in [-0.3, -0.25) is 29.9 Å². The number of piperazine rings is 1. The van der Waals surface area contributed by atoms with Crippen LogP contribution in [-0.4, -0.2) is 187 Å². The molecule has 0 amide bonds. The van der Waals surface area contributed by atoms with E-state index in [2.05, 4.69) is 101 Å². The Labute approximate surface area is 575 Å². The number of carboxylic acid groups (broad SMARTS) is 6. The summed E-state index contributed by atoms with van der Waals surface area (Å²) < 4.78 is 0. The molecule has 24 nitrogen and oxygen atoms in total. The molecule has 6 aromatic rings. The topological polar surface area (TPSA) is 321 Å². The number of nitrogens with zero attached hydrogens (tertiary/aromatic N) is 12. The van der Waals surface area contributed by atoms with Gasteiger partial charge in [0.2, 0.25) is 0 Å². The molecule has 5 aliphatic heterocycles. The third-order valence-corrected chi connectivity index (χ3v) is 19.4. The first-order chi connectivity index (χ1) is 47.1. The molecule has 11 heterocycles. The number of pyridine rings is 6. The maximum absolute atomic E-state index is 11.1. The van der Waals surface area contributed by atoms with Gasteiger partial charge in [-0.15, -0.1) is 0 Å². The number of likely N-dealkylation sites (N-methyl/N-ethyl adjacent to an activating group) is 1. The number of hydrogen-bond donors (Lipinski definition) is 6. The summed E-state index contributed by atoms with van der Waals surface area (Å²) in [6, 6.07) is 10.8. The van der Waals surface area contributed by atoms with E-state index in [1.807, 2.05) is 6.07 Å². The second-order valence-electron chi connectivity index (χ2n) is 26.8. The third-order valence-electron chi connectivity index (χ3n) is 19.4. The second kappa shape index (κ2) is 38.6. The van der Waals surface area contributed by atoms with E-state index in [9.17, 15) is 28.8 Å². The van der Waals surface area contributed by atoms with Crippen LogP contribution in [0.15, 0.2) is 111 Å².